The zero-order chi connectivity index (χ0) is 11.5. The molecule has 0 atom stereocenters. The summed E-state index contributed by atoms with van der Waals surface area (Å²) in [6, 6.07) is 0. The van der Waals surface area contributed by atoms with Crippen molar-refractivity contribution in [1.82, 2.24) is 5.32 Å². The molecule has 0 unspecified atom stereocenters. The zero-order valence-electron chi connectivity index (χ0n) is 9.67. The van der Waals surface area contributed by atoms with Crippen LogP contribution in [0.4, 0.5) is 0 Å². The van der Waals surface area contributed by atoms with Crippen LogP contribution in [0.1, 0.15) is 26.7 Å². The number of hydrogen-bond acceptors (Lipinski definition) is 3. The third kappa shape index (κ3) is 2.32. The van der Waals surface area contributed by atoms with E-state index in [1.54, 1.807) is 0 Å². The van der Waals surface area contributed by atoms with E-state index in [0.717, 1.165) is 12.8 Å². The van der Waals surface area contributed by atoms with Gasteiger partial charge in [0.25, 0.3) is 0 Å². The first-order valence-corrected chi connectivity index (χ1v) is 5.32. The third-order valence-corrected chi connectivity index (χ3v) is 3.27. The molecule has 1 saturated carbocycles. The van der Waals surface area contributed by atoms with Gasteiger partial charge in [-0.15, -0.1) is 6.42 Å². The molecule has 1 rings (SSSR count). The van der Waals surface area contributed by atoms with Crippen LogP contribution in [0.3, 0.4) is 0 Å². The number of terminal acetylenes is 1. The van der Waals surface area contributed by atoms with E-state index < -0.39 is 5.54 Å². The van der Waals surface area contributed by atoms with Crippen molar-refractivity contribution < 1.29 is 9.53 Å². The Bertz CT molecular complexity index is 272. The molecule has 3 nitrogen and oxygen atoms in total. The summed E-state index contributed by atoms with van der Waals surface area (Å²) in [5.74, 6) is 3.51. The molecule has 0 saturated heterocycles. The van der Waals surface area contributed by atoms with E-state index in [1.807, 2.05) is 0 Å². The molecule has 84 valence electrons. The second-order valence-corrected chi connectivity index (χ2v) is 4.54. The second kappa shape index (κ2) is 4.67. The molecule has 0 heterocycles. The van der Waals surface area contributed by atoms with Crippen molar-refractivity contribution in [2.45, 2.75) is 32.2 Å². The van der Waals surface area contributed by atoms with Gasteiger partial charge in [-0.2, -0.15) is 0 Å². The van der Waals surface area contributed by atoms with Crippen molar-refractivity contribution >= 4 is 5.97 Å². The molecule has 0 aromatic rings. The van der Waals surface area contributed by atoms with E-state index in [0.29, 0.717) is 18.4 Å². The van der Waals surface area contributed by atoms with Crippen LogP contribution < -0.4 is 5.32 Å². The van der Waals surface area contributed by atoms with Crippen molar-refractivity contribution in [3.63, 3.8) is 0 Å². The van der Waals surface area contributed by atoms with E-state index >= 15 is 0 Å². The van der Waals surface area contributed by atoms with Gasteiger partial charge in [-0.3, -0.25) is 10.1 Å². The molecular weight excluding hydrogens is 190 g/mol. The van der Waals surface area contributed by atoms with Crippen LogP contribution in [-0.4, -0.2) is 25.2 Å². The summed E-state index contributed by atoms with van der Waals surface area (Å²) in [6.45, 7) is 4.76. The SMILES string of the molecule is C#CCNC1(C(=O)OC)CC(C(C)C)C1. The zero-order valence-corrected chi connectivity index (χ0v) is 9.67. The van der Waals surface area contributed by atoms with Crippen LogP contribution >= 0.6 is 0 Å². The third-order valence-electron chi connectivity index (χ3n) is 3.27. The van der Waals surface area contributed by atoms with Crippen molar-refractivity contribution in [2.75, 3.05) is 13.7 Å². The van der Waals surface area contributed by atoms with Gasteiger partial charge in [0, 0.05) is 0 Å². The highest BCUT2D eigenvalue weighted by Crippen LogP contribution is 2.42. The molecule has 15 heavy (non-hydrogen) atoms. The van der Waals surface area contributed by atoms with Gasteiger partial charge in [-0.25, -0.2) is 0 Å². The van der Waals surface area contributed by atoms with Crippen LogP contribution in [0.2, 0.25) is 0 Å². The maximum absolute atomic E-state index is 11.6. The molecule has 0 aliphatic heterocycles. The summed E-state index contributed by atoms with van der Waals surface area (Å²) < 4.78 is 4.81. The molecule has 0 aromatic heterocycles. The highest BCUT2D eigenvalue weighted by molar-refractivity contribution is 5.82. The Labute approximate surface area is 91.6 Å². The molecule has 1 aliphatic carbocycles. The molecule has 1 fully saturated rings. The highest BCUT2D eigenvalue weighted by atomic mass is 16.5. The van der Waals surface area contributed by atoms with E-state index in [2.05, 4.69) is 25.1 Å². The van der Waals surface area contributed by atoms with Crippen LogP contribution in [0.25, 0.3) is 0 Å². The lowest BCUT2D eigenvalue weighted by Crippen LogP contribution is -2.62. The van der Waals surface area contributed by atoms with Gasteiger partial charge in [0.1, 0.15) is 5.54 Å². The van der Waals surface area contributed by atoms with Crippen LogP contribution in [0.15, 0.2) is 0 Å². The van der Waals surface area contributed by atoms with Gasteiger partial charge in [-0.1, -0.05) is 19.8 Å². The lowest BCUT2D eigenvalue weighted by Gasteiger charge is -2.47. The fourth-order valence-electron chi connectivity index (χ4n) is 2.11. The van der Waals surface area contributed by atoms with Crippen LogP contribution in [0.5, 0.6) is 0 Å². The Kier molecular flexibility index (Phi) is 3.76. The lowest BCUT2D eigenvalue weighted by atomic mass is 9.64. The monoisotopic (exact) mass is 209 g/mol. The summed E-state index contributed by atoms with van der Waals surface area (Å²) in [6.07, 6.45) is 6.85. The molecule has 0 aromatic carbocycles. The quantitative estimate of drug-likeness (QED) is 0.558. The number of ether oxygens (including phenoxy) is 1. The first kappa shape index (κ1) is 12.1. The number of esters is 1. The second-order valence-electron chi connectivity index (χ2n) is 4.54. The summed E-state index contributed by atoms with van der Waals surface area (Å²) >= 11 is 0. The molecule has 0 radical (unpaired) electrons. The van der Waals surface area contributed by atoms with Gasteiger partial charge >= 0.3 is 5.97 Å². The summed E-state index contributed by atoms with van der Waals surface area (Å²) in [7, 11) is 1.42. The highest BCUT2D eigenvalue weighted by Gasteiger charge is 2.51. The maximum Gasteiger partial charge on any atom is 0.326 e. The number of hydrogen-bond donors (Lipinski definition) is 1. The minimum Gasteiger partial charge on any atom is -0.468 e. The van der Waals surface area contributed by atoms with Gasteiger partial charge in [0.15, 0.2) is 0 Å². The largest absolute Gasteiger partial charge is 0.468 e. The molecule has 0 spiro atoms. The predicted octanol–water partition coefficient (Wildman–Crippen LogP) is 1.19. The van der Waals surface area contributed by atoms with E-state index in [9.17, 15) is 4.79 Å². The minimum atomic E-state index is -0.518. The molecule has 0 amide bonds. The van der Waals surface area contributed by atoms with E-state index in [-0.39, 0.29) is 5.97 Å². The first-order chi connectivity index (χ1) is 7.05. The Hall–Kier alpha value is -1.01. The normalized spacial score (nSPS) is 29.4. The van der Waals surface area contributed by atoms with Crippen LogP contribution in [-0.2, 0) is 9.53 Å². The maximum atomic E-state index is 11.6. The Balaban J connectivity index is 2.59. The Morgan fingerprint density at radius 1 is 1.67 bits per heavy atom. The molecule has 1 aliphatic rings. The lowest BCUT2D eigenvalue weighted by molar-refractivity contribution is -0.156. The minimum absolute atomic E-state index is 0.186. The molecule has 3 heteroatoms. The fourth-order valence-corrected chi connectivity index (χ4v) is 2.11. The van der Waals surface area contributed by atoms with Crippen molar-refractivity contribution in [1.29, 1.82) is 0 Å². The van der Waals surface area contributed by atoms with E-state index in [4.69, 9.17) is 11.2 Å². The number of carbonyl (C=O) groups excluding carboxylic acids is 1. The smallest absolute Gasteiger partial charge is 0.326 e. The predicted molar refractivity (Wildman–Crippen MR) is 59.1 cm³/mol. The average molecular weight is 209 g/mol. The topological polar surface area (TPSA) is 38.3 Å². The van der Waals surface area contributed by atoms with Crippen molar-refractivity contribution in [2.24, 2.45) is 11.8 Å². The standard InChI is InChI=1S/C12H19NO2/c1-5-6-13-12(11(14)15-4)7-10(8-12)9(2)3/h1,9-10,13H,6-8H2,2-4H3. The molecule has 1 N–H and O–H groups in total. The Morgan fingerprint density at radius 3 is 2.67 bits per heavy atom. The van der Waals surface area contributed by atoms with Gasteiger partial charge in [-0.05, 0) is 24.7 Å². The van der Waals surface area contributed by atoms with Crippen molar-refractivity contribution in [3.05, 3.63) is 0 Å². The number of nitrogens with one attached hydrogen (secondary N) is 1. The molecule has 0 bridgehead atoms. The van der Waals surface area contributed by atoms with Crippen molar-refractivity contribution in [3.8, 4) is 12.3 Å². The van der Waals surface area contributed by atoms with Crippen LogP contribution in [0, 0.1) is 24.2 Å². The number of carbonyl (C=O) groups is 1. The average Bonchev–Trinajstić information content (AvgIpc) is 2.15. The summed E-state index contributed by atoms with van der Waals surface area (Å²) in [5, 5.41) is 3.11. The Morgan fingerprint density at radius 2 is 2.27 bits per heavy atom. The van der Waals surface area contributed by atoms with E-state index in [1.165, 1.54) is 7.11 Å². The first-order valence-electron chi connectivity index (χ1n) is 5.32. The summed E-state index contributed by atoms with van der Waals surface area (Å²) in [4.78, 5) is 11.6. The number of methoxy groups -OCH3 is 1. The van der Waals surface area contributed by atoms with Gasteiger partial charge in [0.05, 0.1) is 13.7 Å². The molecular formula is C12H19NO2. The van der Waals surface area contributed by atoms with Gasteiger partial charge < -0.3 is 4.74 Å². The summed E-state index contributed by atoms with van der Waals surface area (Å²) in [5.41, 5.74) is -0.518. The fraction of sp³-hybridized carbons (Fsp3) is 0.750. The number of rotatable bonds is 4. The van der Waals surface area contributed by atoms with Gasteiger partial charge in [0.2, 0.25) is 0 Å².